The first-order valence-electron chi connectivity index (χ1n) is 5.12. The predicted octanol–water partition coefficient (Wildman–Crippen LogP) is 2.50. The molecule has 1 fully saturated rings. The number of carboxylic acids is 1. The molecule has 1 aliphatic carbocycles. The smallest absolute Gasteiger partial charge is 0.314 e. The van der Waals surface area contributed by atoms with Crippen LogP contribution in [-0.4, -0.2) is 11.1 Å². The van der Waals surface area contributed by atoms with Gasteiger partial charge in [0.2, 0.25) is 0 Å². The maximum atomic E-state index is 13.2. The third-order valence-electron chi connectivity index (χ3n) is 3.14. The summed E-state index contributed by atoms with van der Waals surface area (Å²) >= 11 is 0. The van der Waals surface area contributed by atoms with Gasteiger partial charge in [-0.2, -0.15) is 0 Å². The van der Waals surface area contributed by atoms with E-state index >= 15 is 0 Å². The highest BCUT2D eigenvalue weighted by atomic mass is 19.1. The lowest BCUT2D eigenvalue weighted by molar-refractivity contribution is -0.140. The van der Waals surface area contributed by atoms with E-state index in [2.05, 4.69) is 0 Å². The number of hydrogen-bond donors (Lipinski definition) is 1. The van der Waals surface area contributed by atoms with Gasteiger partial charge in [-0.15, -0.1) is 0 Å². The van der Waals surface area contributed by atoms with Crippen LogP contribution in [0.1, 0.15) is 30.9 Å². The van der Waals surface area contributed by atoms with Crippen LogP contribution < -0.4 is 0 Å². The van der Waals surface area contributed by atoms with Crippen LogP contribution in [0.4, 0.5) is 4.39 Å². The van der Waals surface area contributed by atoms with Crippen LogP contribution in [0.2, 0.25) is 0 Å². The molecule has 0 aromatic heterocycles. The second-order valence-corrected chi connectivity index (χ2v) is 4.05. The Kier molecular flexibility index (Phi) is 2.25. The lowest BCUT2D eigenvalue weighted by Gasteiger charge is -2.11. The zero-order valence-electron chi connectivity index (χ0n) is 8.59. The average molecular weight is 208 g/mol. The summed E-state index contributed by atoms with van der Waals surface area (Å²) in [6, 6.07) is 4.66. The molecule has 0 heterocycles. The van der Waals surface area contributed by atoms with Crippen molar-refractivity contribution in [1.29, 1.82) is 0 Å². The van der Waals surface area contributed by atoms with Gasteiger partial charge in [-0.3, -0.25) is 4.79 Å². The molecule has 0 bridgehead atoms. The molecule has 0 aliphatic heterocycles. The first-order chi connectivity index (χ1) is 7.10. The number of hydrogen-bond acceptors (Lipinski definition) is 1. The minimum atomic E-state index is -0.795. The molecule has 1 N–H and O–H groups in total. The Balaban J connectivity index is 2.42. The molecule has 0 atom stereocenters. The fourth-order valence-corrected chi connectivity index (χ4v) is 1.89. The maximum absolute atomic E-state index is 13.2. The highest BCUT2D eigenvalue weighted by molar-refractivity contribution is 5.84. The number of aryl methyl sites for hydroxylation is 1. The number of halogens is 1. The summed E-state index contributed by atoms with van der Waals surface area (Å²) in [6.07, 6.45) is 1.92. The van der Waals surface area contributed by atoms with Gasteiger partial charge in [-0.05, 0) is 36.5 Å². The average Bonchev–Trinajstić information content (AvgIpc) is 2.99. The van der Waals surface area contributed by atoms with E-state index in [-0.39, 0.29) is 5.82 Å². The molecule has 0 saturated heterocycles. The summed E-state index contributed by atoms with van der Waals surface area (Å²) < 4.78 is 13.2. The topological polar surface area (TPSA) is 37.3 Å². The van der Waals surface area contributed by atoms with Gasteiger partial charge in [0.15, 0.2) is 0 Å². The zero-order valence-corrected chi connectivity index (χ0v) is 8.59. The molecule has 0 spiro atoms. The van der Waals surface area contributed by atoms with Crippen molar-refractivity contribution < 1.29 is 14.3 Å². The SMILES string of the molecule is CCc1cc(C2(C(=O)O)CC2)ccc1F. The normalized spacial score (nSPS) is 17.5. The molecule has 1 aliphatic rings. The molecular formula is C12H13FO2. The van der Waals surface area contributed by atoms with Gasteiger partial charge in [-0.1, -0.05) is 19.1 Å². The third-order valence-corrected chi connectivity index (χ3v) is 3.14. The van der Waals surface area contributed by atoms with Crippen molar-refractivity contribution in [2.45, 2.75) is 31.6 Å². The minimum absolute atomic E-state index is 0.248. The number of aliphatic carboxylic acids is 1. The number of carboxylic acid groups (broad SMARTS) is 1. The molecule has 0 amide bonds. The Morgan fingerprint density at radius 2 is 2.20 bits per heavy atom. The molecular weight excluding hydrogens is 195 g/mol. The monoisotopic (exact) mass is 208 g/mol. The summed E-state index contributed by atoms with van der Waals surface area (Å²) in [5.74, 6) is -1.04. The maximum Gasteiger partial charge on any atom is 0.314 e. The molecule has 3 heteroatoms. The van der Waals surface area contributed by atoms with Crippen molar-refractivity contribution in [2.24, 2.45) is 0 Å². The van der Waals surface area contributed by atoms with Gasteiger partial charge < -0.3 is 5.11 Å². The molecule has 80 valence electrons. The minimum Gasteiger partial charge on any atom is -0.481 e. The Bertz CT molecular complexity index is 408. The van der Waals surface area contributed by atoms with Crippen LogP contribution in [0.3, 0.4) is 0 Å². The van der Waals surface area contributed by atoms with E-state index in [1.807, 2.05) is 6.92 Å². The zero-order chi connectivity index (χ0) is 11.1. The van der Waals surface area contributed by atoms with Gasteiger partial charge in [-0.25, -0.2) is 4.39 Å². The molecule has 0 radical (unpaired) electrons. The van der Waals surface area contributed by atoms with Gasteiger partial charge in [0.25, 0.3) is 0 Å². The quantitative estimate of drug-likeness (QED) is 0.828. The second-order valence-electron chi connectivity index (χ2n) is 4.05. The number of rotatable bonds is 3. The first kappa shape index (κ1) is 10.1. The van der Waals surface area contributed by atoms with Gasteiger partial charge in [0.1, 0.15) is 5.82 Å². The highest BCUT2D eigenvalue weighted by Gasteiger charge is 2.51. The van der Waals surface area contributed by atoms with E-state index < -0.39 is 11.4 Å². The van der Waals surface area contributed by atoms with E-state index in [0.29, 0.717) is 24.8 Å². The molecule has 1 aromatic rings. The van der Waals surface area contributed by atoms with Crippen LogP contribution in [0, 0.1) is 5.82 Å². The van der Waals surface area contributed by atoms with E-state index in [4.69, 9.17) is 5.11 Å². The van der Waals surface area contributed by atoms with E-state index in [1.54, 1.807) is 12.1 Å². The van der Waals surface area contributed by atoms with Crippen LogP contribution in [0.25, 0.3) is 0 Å². The summed E-state index contributed by atoms with van der Waals surface area (Å²) in [5, 5.41) is 9.10. The number of carbonyl (C=O) groups is 1. The van der Waals surface area contributed by atoms with Crippen molar-refractivity contribution in [3.63, 3.8) is 0 Å². The summed E-state index contributed by atoms with van der Waals surface area (Å²) in [6.45, 7) is 1.86. The Labute approximate surface area is 87.7 Å². The first-order valence-corrected chi connectivity index (χ1v) is 5.12. The van der Waals surface area contributed by atoms with Crippen molar-refractivity contribution in [3.8, 4) is 0 Å². The Morgan fingerprint density at radius 3 is 2.67 bits per heavy atom. The molecule has 1 saturated carbocycles. The standard InChI is InChI=1S/C12H13FO2/c1-2-8-7-9(3-4-10(8)13)12(5-6-12)11(14)15/h3-4,7H,2,5-6H2,1H3,(H,14,15). The van der Waals surface area contributed by atoms with E-state index in [0.717, 1.165) is 5.56 Å². The van der Waals surface area contributed by atoms with Gasteiger partial charge in [0.05, 0.1) is 5.41 Å². The van der Waals surface area contributed by atoms with E-state index in [9.17, 15) is 9.18 Å². The molecule has 0 unspecified atom stereocenters. The van der Waals surface area contributed by atoms with E-state index in [1.165, 1.54) is 6.07 Å². The summed E-state index contributed by atoms with van der Waals surface area (Å²) in [4.78, 5) is 11.1. The van der Waals surface area contributed by atoms with Crippen LogP contribution in [-0.2, 0) is 16.6 Å². The van der Waals surface area contributed by atoms with Gasteiger partial charge >= 0.3 is 5.97 Å². The van der Waals surface area contributed by atoms with Crippen LogP contribution in [0.15, 0.2) is 18.2 Å². The van der Waals surface area contributed by atoms with Crippen molar-refractivity contribution in [3.05, 3.63) is 35.1 Å². The number of benzene rings is 1. The highest BCUT2D eigenvalue weighted by Crippen LogP contribution is 2.48. The van der Waals surface area contributed by atoms with Gasteiger partial charge in [0, 0.05) is 0 Å². The lowest BCUT2D eigenvalue weighted by Crippen LogP contribution is -2.19. The lowest BCUT2D eigenvalue weighted by atomic mass is 9.94. The fraction of sp³-hybridized carbons (Fsp3) is 0.417. The van der Waals surface area contributed by atoms with Crippen molar-refractivity contribution >= 4 is 5.97 Å². The van der Waals surface area contributed by atoms with Crippen molar-refractivity contribution in [1.82, 2.24) is 0 Å². The summed E-state index contributed by atoms with van der Waals surface area (Å²) in [5.41, 5.74) is 0.616. The second kappa shape index (κ2) is 3.33. The summed E-state index contributed by atoms with van der Waals surface area (Å²) in [7, 11) is 0. The molecule has 2 rings (SSSR count). The Morgan fingerprint density at radius 1 is 1.53 bits per heavy atom. The predicted molar refractivity (Wildman–Crippen MR) is 54.3 cm³/mol. The molecule has 2 nitrogen and oxygen atoms in total. The van der Waals surface area contributed by atoms with Crippen molar-refractivity contribution in [2.75, 3.05) is 0 Å². The van der Waals surface area contributed by atoms with Crippen LogP contribution in [0.5, 0.6) is 0 Å². The molecule has 1 aromatic carbocycles. The third kappa shape index (κ3) is 1.52. The fourth-order valence-electron chi connectivity index (χ4n) is 1.89. The molecule has 15 heavy (non-hydrogen) atoms. The largest absolute Gasteiger partial charge is 0.481 e. The van der Waals surface area contributed by atoms with Crippen LogP contribution >= 0.6 is 0 Å². The Hall–Kier alpha value is -1.38.